The Bertz CT molecular complexity index is 77.6. The third-order valence-electron chi connectivity index (χ3n) is 0.915. The predicted molar refractivity (Wildman–Crippen MR) is 23.8 cm³/mol. The zero-order valence-corrected chi connectivity index (χ0v) is 3.55. The summed E-state index contributed by atoms with van der Waals surface area (Å²) in [6.45, 7) is 0.708. The van der Waals surface area contributed by atoms with Gasteiger partial charge in [-0.1, -0.05) is 0 Å². The summed E-state index contributed by atoms with van der Waals surface area (Å²) < 4.78 is 0.986. The SMILES string of the molecule is [O-][N+]1=CCCC1. The van der Waals surface area contributed by atoms with Crippen LogP contribution in [-0.2, 0) is 0 Å². The van der Waals surface area contributed by atoms with Crippen molar-refractivity contribution in [3.63, 3.8) is 0 Å². The number of hydrogen-bond acceptors (Lipinski definition) is 1. The second-order valence-electron chi connectivity index (χ2n) is 1.47. The van der Waals surface area contributed by atoms with Crippen LogP contribution >= 0.6 is 0 Å². The minimum Gasteiger partial charge on any atom is -0.624 e. The third-order valence-corrected chi connectivity index (χ3v) is 0.915. The van der Waals surface area contributed by atoms with E-state index in [0.717, 1.165) is 17.6 Å². The van der Waals surface area contributed by atoms with Gasteiger partial charge in [0.25, 0.3) is 0 Å². The highest BCUT2D eigenvalue weighted by Crippen LogP contribution is 1.92. The maximum Gasteiger partial charge on any atom is 0.153 e. The van der Waals surface area contributed by atoms with Gasteiger partial charge in [-0.15, -0.1) is 0 Å². The van der Waals surface area contributed by atoms with Gasteiger partial charge in [0.2, 0.25) is 0 Å². The van der Waals surface area contributed by atoms with Gasteiger partial charge in [-0.25, -0.2) is 4.74 Å². The van der Waals surface area contributed by atoms with Gasteiger partial charge in [0.05, 0.1) is 0 Å². The van der Waals surface area contributed by atoms with Crippen molar-refractivity contribution < 1.29 is 4.74 Å². The number of nitrogens with zero attached hydrogens (tertiary/aromatic N) is 1. The average molecular weight is 85.1 g/mol. The molecule has 1 aliphatic heterocycles. The Balaban J connectivity index is 2.45. The van der Waals surface area contributed by atoms with Gasteiger partial charge in [0.1, 0.15) is 0 Å². The van der Waals surface area contributed by atoms with E-state index in [-0.39, 0.29) is 0 Å². The maximum absolute atomic E-state index is 10.1. The molecular formula is C4H7NO. The van der Waals surface area contributed by atoms with Crippen LogP contribution in [0.2, 0.25) is 0 Å². The second-order valence-corrected chi connectivity index (χ2v) is 1.47. The van der Waals surface area contributed by atoms with Crippen LogP contribution in [0.15, 0.2) is 0 Å². The summed E-state index contributed by atoms with van der Waals surface area (Å²) in [5.74, 6) is 0. The van der Waals surface area contributed by atoms with E-state index in [4.69, 9.17) is 0 Å². The summed E-state index contributed by atoms with van der Waals surface area (Å²) in [6, 6.07) is 0. The van der Waals surface area contributed by atoms with Crippen LogP contribution in [0.3, 0.4) is 0 Å². The molecule has 2 heteroatoms. The molecule has 2 nitrogen and oxygen atoms in total. The van der Waals surface area contributed by atoms with Crippen LogP contribution in [0.25, 0.3) is 0 Å². The highest BCUT2D eigenvalue weighted by atomic mass is 16.5. The van der Waals surface area contributed by atoms with E-state index in [9.17, 15) is 5.21 Å². The van der Waals surface area contributed by atoms with Gasteiger partial charge in [0.15, 0.2) is 12.8 Å². The largest absolute Gasteiger partial charge is 0.624 e. The lowest BCUT2D eigenvalue weighted by Gasteiger charge is -1.90. The summed E-state index contributed by atoms with van der Waals surface area (Å²) in [7, 11) is 0. The topological polar surface area (TPSA) is 26.1 Å². The van der Waals surface area contributed by atoms with Gasteiger partial charge in [-0.05, 0) is 0 Å². The summed E-state index contributed by atoms with van der Waals surface area (Å²) in [6.07, 6.45) is 3.70. The Morgan fingerprint density at radius 3 is 2.67 bits per heavy atom. The van der Waals surface area contributed by atoms with E-state index in [1.807, 2.05) is 0 Å². The highest BCUT2D eigenvalue weighted by Gasteiger charge is 2.00. The van der Waals surface area contributed by atoms with Gasteiger partial charge in [-0.3, -0.25) is 0 Å². The number of hydroxylamine groups is 1. The summed E-state index contributed by atoms with van der Waals surface area (Å²) in [4.78, 5) is 0. The Hall–Kier alpha value is -0.530. The second kappa shape index (κ2) is 1.29. The fourth-order valence-electron chi connectivity index (χ4n) is 0.574. The van der Waals surface area contributed by atoms with E-state index in [0.29, 0.717) is 6.54 Å². The van der Waals surface area contributed by atoms with E-state index in [1.54, 1.807) is 6.21 Å². The van der Waals surface area contributed by atoms with Crippen LogP contribution in [0.1, 0.15) is 12.8 Å². The Labute approximate surface area is 36.7 Å². The molecule has 0 N–H and O–H groups in total. The molecule has 0 spiro atoms. The first-order valence-corrected chi connectivity index (χ1v) is 2.17. The van der Waals surface area contributed by atoms with E-state index < -0.39 is 0 Å². The Morgan fingerprint density at radius 2 is 2.50 bits per heavy atom. The third kappa shape index (κ3) is 0.506. The predicted octanol–water partition coefficient (Wildman–Crippen LogP) is 0.361. The maximum atomic E-state index is 10.1. The van der Waals surface area contributed by atoms with Crippen molar-refractivity contribution in [2.24, 2.45) is 0 Å². The van der Waals surface area contributed by atoms with Crippen molar-refractivity contribution in [3.8, 4) is 0 Å². The highest BCUT2D eigenvalue weighted by molar-refractivity contribution is 5.52. The van der Waals surface area contributed by atoms with Gasteiger partial charge >= 0.3 is 0 Å². The van der Waals surface area contributed by atoms with Crippen molar-refractivity contribution in [2.45, 2.75) is 12.8 Å². The minimum atomic E-state index is 0.708. The first-order chi connectivity index (χ1) is 2.89. The molecule has 1 rings (SSSR count). The molecule has 0 aromatic rings. The molecule has 6 heavy (non-hydrogen) atoms. The van der Waals surface area contributed by atoms with Crippen LogP contribution < -0.4 is 0 Å². The molecule has 0 aromatic carbocycles. The molecular weight excluding hydrogens is 78.0 g/mol. The van der Waals surface area contributed by atoms with Crippen molar-refractivity contribution in [3.05, 3.63) is 5.21 Å². The van der Waals surface area contributed by atoms with Crippen LogP contribution in [-0.4, -0.2) is 17.5 Å². The van der Waals surface area contributed by atoms with Gasteiger partial charge in [-0.2, -0.15) is 0 Å². The molecule has 1 aliphatic rings. The van der Waals surface area contributed by atoms with E-state index in [1.165, 1.54) is 0 Å². The monoisotopic (exact) mass is 85.1 g/mol. The molecule has 0 aromatic heterocycles. The lowest BCUT2D eigenvalue weighted by Crippen LogP contribution is -1.94. The molecule has 0 bridgehead atoms. The number of hydrogen-bond donors (Lipinski definition) is 0. The van der Waals surface area contributed by atoms with Crippen molar-refractivity contribution in [1.82, 2.24) is 0 Å². The van der Waals surface area contributed by atoms with Crippen molar-refractivity contribution in [1.29, 1.82) is 0 Å². The molecule has 0 unspecified atom stereocenters. The molecule has 0 saturated carbocycles. The Morgan fingerprint density at radius 1 is 1.67 bits per heavy atom. The molecule has 0 saturated heterocycles. The standard InChI is InChI=1S/C4H7NO/c6-5-3-1-2-4-5/h3H,1-2,4H2. The number of rotatable bonds is 0. The fourth-order valence-corrected chi connectivity index (χ4v) is 0.574. The van der Waals surface area contributed by atoms with E-state index >= 15 is 0 Å². The Kier molecular flexibility index (Phi) is 0.783. The molecule has 0 radical (unpaired) electrons. The first-order valence-electron chi connectivity index (χ1n) is 2.17. The normalized spacial score (nSPS) is 21.0. The first kappa shape index (κ1) is 3.65. The molecule has 0 fully saturated rings. The average Bonchev–Trinajstić information content (AvgIpc) is 1.86. The quantitative estimate of drug-likeness (QED) is 0.308. The van der Waals surface area contributed by atoms with Gasteiger partial charge in [0, 0.05) is 12.8 Å². The van der Waals surface area contributed by atoms with Gasteiger partial charge < -0.3 is 5.21 Å². The minimum absolute atomic E-state index is 0.708. The molecule has 1 heterocycles. The lowest BCUT2D eigenvalue weighted by atomic mass is 10.4. The molecule has 34 valence electrons. The van der Waals surface area contributed by atoms with Crippen molar-refractivity contribution in [2.75, 3.05) is 6.54 Å². The van der Waals surface area contributed by atoms with Crippen molar-refractivity contribution >= 4 is 6.21 Å². The fraction of sp³-hybridized carbons (Fsp3) is 0.750. The zero-order valence-electron chi connectivity index (χ0n) is 3.55. The molecule has 0 amide bonds. The lowest BCUT2D eigenvalue weighted by molar-refractivity contribution is -0.443. The van der Waals surface area contributed by atoms with E-state index in [2.05, 4.69) is 0 Å². The van der Waals surface area contributed by atoms with Crippen LogP contribution in [0.4, 0.5) is 0 Å². The summed E-state index contributed by atoms with van der Waals surface area (Å²) >= 11 is 0. The summed E-state index contributed by atoms with van der Waals surface area (Å²) in [5.41, 5.74) is 0. The smallest absolute Gasteiger partial charge is 0.153 e. The van der Waals surface area contributed by atoms with Crippen LogP contribution in [0, 0.1) is 5.21 Å². The van der Waals surface area contributed by atoms with Crippen LogP contribution in [0.5, 0.6) is 0 Å². The molecule has 0 aliphatic carbocycles. The zero-order chi connectivity index (χ0) is 4.41. The molecule has 0 atom stereocenters. The summed E-state index contributed by atoms with van der Waals surface area (Å²) in [5, 5.41) is 10.1.